The second-order valence-electron chi connectivity index (χ2n) is 3.21. The molecular weight excluding hydrogens is 174 g/mol. The second-order valence-corrected chi connectivity index (χ2v) is 3.21. The van der Waals surface area contributed by atoms with Crippen LogP contribution in [-0.2, 0) is 14.2 Å². The fourth-order valence-electron chi connectivity index (χ4n) is 1.69. The van der Waals surface area contributed by atoms with Crippen LogP contribution in [-0.4, -0.2) is 37.8 Å². The molecule has 0 bridgehead atoms. The van der Waals surface area contributed by atoms with E-state index in [1.54, 1.807) is 0 Å². The molecule has 0 aromatic carbocycles. The smallest absolute Gasteiger partial charge is 0.168 e. The van der Waals surface area contributed by atoms with Gasteiger partial charge in [0.2, 0.25) is 0 Å². The molecule has 0 saturated carbocycles. The SMILES string of the molecule is CO[C@H]1O[C@@H](C)[C@@H]2O[C@@H]2[C@@H]1N=[N+]=[N-]. The first-order valence-electron chi connectivity index (χ1n) is 4.16. The molecule has 6 heteroatoms. The maximum Gasteiger partial charge on any atom is 0.168 e. The lowest BCUT2D eigenvalue weighted by atomic mass is 10.1. The molecule has 2 aliphatic rings. The van der Waals surface area contributed by atoms with Crippen molar-refractivity contribution in [1.29, 1.82) is 0 Å². The number of hydrogen-bond donors (Lipinski definition) is 0. The Kier molecular flexibility index (Phi) is 2.13. The number of hydrogen-bond acceptors (Lipinski definition) is 4. The lowest BCUT2D eigenvalue weighted by Gasteiger charge is -2.28. The van der Waals surface area contributed by atoms with Crippen molar-refractivity contribution in [3.63, 3.8) is 0 Å². The largest absolute Gasteiger partial charge is 0.366 e. The number of azide groups is 1. The summed E-state index contributed by atoms with van der Waals surface area (Å²) < 4.78 is 15.8. The van der Waals surface area contributed by atoms with Gasteiger partial charge in [-0.1, -0.05) is 5.11 Å². The van der Waals surface area contributed by atoms with Crippen LogP contribution in [0.4, 0.5) is 0 Å². The Hall–Kier alpha value is -0.810. The molecule has 0 spiro atoms. The minimum atomic E-state index is -0.477. The molecule has 0 N–H and O–H groups in total. The normalized spacial score (nSPS) is 47.7. The maximum absolute atomic E-state index is 8.33. The lowest BCUT2D eigenvalue weighted by molar-refractivity contribution is -0.174. The molecule has 0 aromatic rings. The average molecular weight is 185 g/mol. The van der Waals surface area contributed by atoms with E-state index >= 15 is 0 Å². The van der Waals surface area contributed by atoms with E-state index in [-0.39, 0.29) is 24.4 Å². The van der Waals surface area contributed by atoms with Crippen molar-refractivity contribution in [2.75, 3.05) is 7.11 Å². The van der Waals surface area contributed by atoms with E-state index in [0.717, 1.165) is 0 Å². The fraction of sp³-hybridized carbons (Fsp3) is 1.00. The number of fused-ring (bicyclic) bond motifs is 1. The van der Waals surface area contributed by atoms with E-state index < -0.39 is 6.29 Å². The summed E-state index contributed by atoms with van der Waals surface area (Å²) in [5.74, 6) is 0. The number of epoxide rings is 1. The van der Waals surface area contributed by atoms with Crippen molar-refractivity contribution in [3.05, 3.63) is 10.4 Å². The Labute approximate surface area is 75.4 Å². The molecule has 6 nitrogen and oxygen atoms in total. The third-order valence-corrected chi connectivity index (χ3v) is 2.41. The zero-order valence-corrected chi connectivity index (χ0v) is 7.45. The molecule has 0 unspecified atom stereocenters. The molecule has 0 aliphatic carbocycles. The zero-order chi connectivity index (χ0) is 9.42. The molecule has 2 heterocycles. The number of ether oxygens (including phenoxy) is 3. The van der Waals surface area contributed by atoms with Crippen LogP contribution in [0, 0.1) is 0 Å². The Morgan fingerprint density at radius 3 is 2.77 bits per heavy atom. The van der Waals surface area contributed by atoms with Gasteiger partial charge >= 0.3 is 0 Å². The van der Waals surface area contributed by atoms with E-state index in [4.69, 9.17) is 19.7 Å². The standard InChI is InChI=1S/C7H11N3O3/c1-3-5-6(13-5)4(9-10-8)7(11-2)12-3/h3-7H,1-2H3/t3-,4-,5-,6+,7-/m0/s1. The summed E-state index contributed by atoms with van der Waals surface area (Å²) in [7, 11) is 1.53. The molecular formula is C7H11N3O3. The first-order valence-corrected chi connectivity index (χ1v) is 4.16. The van der Waals surface area contributed by atoms with Crippen LogP contribution in [0.2, 0.25) is 0 Å². The van der Waals surface area contributed by atoms with Crippen molar-refractivity contribution >= 4 is 0 Å². The highest BCUT2D eigenvalue weighted by molar-refractivity contribution is 5.03. The summed E-state index contributed by atoms with van der Waals surface area (Å²) in [4.78, 5) is 2.74. The predicted octanol–water partition coefficient (Wildman–Crippen LogP) is 0.824. The number of methoxy groups -OCH3 is 1. The maximum atomic E-state index is 8.33. The van der Waals surface area contributed by atoms with Crippen LogP contribution in [0.15, 0.2) is 5.11 Å². The highest BCUT2D eigenvalue weighted by atomic mass is 16.7. The van der Waals surface area contributed by atoms with Gasteiger partial charge in [-0.05, 0) is 12.5 Å². The van der Waals surface area contributed by atoms with Gasteiger partial charge in [0, 0.05) is 12.0 Å². The molecule has 2 aliphatic heterocycles. The van der Waals surface area contributed by atoms with E-state index in [2.05, 4.69) is 10.0 Å². The quantitative estimate of drug-likeness (QED) is 0.276. The molecule has 2 rings (SSSR count). The molecule has 2 saturated heterocycles. The molecule has 13 heavy (non-hydrogen) atoms. The van der Waals surface area contributed by atoms with Crippen LogP contribution in [0.1, 0.15) is 6.92 Å². The summed E-state index contributed by atoms with van der Waals surface area (Å²) in [5, 5.41) is 3.60. The van der Waals surface area contributed by atoms with Crippen LogP contribution in [0.5, 0.6) is 0 Å². The third kappa shape index (κ3) is 1.38. The van der Waals surface area contributed by atoms with Gasteiger partial charge in [-0.15, -0.1) is 0 Å². The molecule has 0 radical (unpaired) electrons. The first-order chi connectivity index (χ1) is 6.27. The summed E-state index contributed by atoms with van der Waals surface area (Å²) >= 11 is 0. The lowest BCUT2D eigenvalue weighted by Crippen LogP contribution is -2.43. The predicted molar refractivity (Wildman–Crippen MR) is 42.9 cm³/mol. The van der Waals surface area contributed by atoms with Gasteiger partial charge < -0.3 is 14.2 Å². The van der Waals surface area contributed by atoms with Gasteiger partial charge in [-0.3, -0.25) is 0 Å². The van der Waals surface area contributed by atoms with Gasteiger partial charge in [-0.25, -0.2) is 0 Å². The fourth-order valence-corrected chi connectivity index (χ4v) is 1.69. The van der Waals surface area contributed by atoms with Gasteiger partial charge in [-0.2, -0.15) is 0 Å². The minimum absolute atomic E-state index is 0.0140. The van der Waals surface area contributed by atoms with Crippen LogP contribution < -0.4 is 0 Å². The first kappa shape index (κ1) is 8.77. The number of rotatable bonds is 2. The van der Waals surface area contributed by atoms with Crippen LogP contribution in [0.3, 0.4) is 0 Å². The molecule has 0 aromatic heterocycles. The topological polar surface area (TPSA) is 79.8 Å². The molecule has 5 atom stereocenters. The zero-order valence-electron chi connectivity index (χ0n) is 7.45. The van der Waals surface area contributed by atoms with E-state index in [1.165, 1.54) is 7.11 Å². The number of nitrogens with zero attached hydrogens (tertiary/aromatic N) is 3. The van der Waals surface area contributed by atoms with Crippen molar-refractivity contribution in [3.8, 4) is 0 Å². The van der Waals surface area contributed by atoms with Crippen molar-refractivity contribution < 1.29 is 14.2 Å². The van der Waals surface area contributed by atoms with Gasteiger partial charge in [0.15, 0.2) is 6.29 Å². The summed E-state index contributed by atoms with van der Waals surface area (Å²) in [6, 6.07) is -0.351. The highest BCUT2D eigenvalue weighted by Crippen LogP contribution is 2.38. The second kappa shape index (κ2) is 3.16. The summed E-state index contributed by atoms with van der Waals surface area (Å²) in [6.07, 6.45) is -0.416. The van der Waals surface area contributed by atoms with Crippen LogP contribution in [0.25, 0.3) is 10.4 Å². The van der Waals surface area contributed by atoms with Gasteiger partial charge in [0.1, 0.15) is 18.2 Å². The third-order valence-electron chi connectivity index (χ3n) is 2.41. The van der Waals surface area contributed by atoms with Gasteiger partial charge in [0.05, 0.1) is 6.10 Å². The van der Waals surface area contributed by atoms with Crippen LogP contribution >= 0.6 is 0 Å². The molecule has 0 amide bonds. The molecule has 72 valence electrons. The Morgan fingerprint density at radius 2 is 2.15 bits per heavy atom. The average Bonchev–Trinajstić information content (AvgIpc) is 2.89. The Bertz CT molecular complexity index is 253. The van der Waals surface area contributed by atoms with E-state index in [0.29, 0.717) is 0 Å². The monoisotopic (exact) mass is 185 g/mol. The van der Waals surface area contributed by atoms with Crippen molar-refractivity contribution in [2.45, 2.75) is 37.6 Å². The minimum Gasteiger partial charge on any atom is -0.366 e. The van der Waals surface area contributed by atoms with Crippen molar-refractivity contribution in [2.24, 2.45) is 5.11 Å². The van der Waals surface area contributed by atoms with Crippen molar-refractivity contribution in [1.82, 2.24) is 0 Å². The Morgan fingerprint density at radius 1 is 1.38 bits per heavy atom. The highest BCUT2D eigenvalue weighted by Gasteiger charge is 2.56. The molecule has 2 fully saturated rings. The Balaban J connectivity index is 2.11. The summed E-state index contributed by atoms with van der Waals surface area (Å²) in [6.45, 7) is 1.92. The van der Waals surface area contributed by atoms with E-state index in [9.17, 15) is 0 Å². The summed E-state index contributed by atoms with van der Waals surface area (Å²) in [5.41, 5.74) is 8.33. The van der Waals surface area contributed by atoms with E-state index in [1.807, 2.05) is 6.92 Å². The van der Waals surface area contributed by atoms with Gasteiger partial charge in [0.25, 0.3) is 0 Å².